The van der Waals surface area contributed by atoms with E-state index in [1.807, 2.05) is 16.7 Å². The molecule has 3 aromatic heterocycles. The maximum absolute atomic E-state index is 14.8. The van der Waals surface area contributed by atoms with Crippen molar-refractivity contribution in [2.24, 2.45) is 5.73 Å². The van der Waals surface area contributed by atoms with Crippen LogP contribution in [0.1, 0.15) is 31.4 Å². The van der Waals surface area contributed by atoms with Gasteiger partial charge in [0.15, 0.2) is 11.6 Å². The van der Waals surface area contributed by atoms with Gasteiger partial charge in [0.25, 0.3) is 0 Å². The second-order valence-electron chi connectivity index (χ2n) is 9.17. The molecule has 2 aliphatic rings. The molecule has 2 N–H and O–H groups in total. The molecule has 2 saturated heterocycles. The number of hydrogen-bond donors (Lipinski definition) is 1. The number of rotatable bonds is 4. The number of halogens is 2. The van der Waals surface area contributed by atoms with Gasteiger partial charge in [-0.15, -0.1) is 12.4 Å². The van der Waals surface area contributed by atoms with Crippen molar-refractivity contribution in [3.63, 3.8) is 0 Å². The summed E-state index contributed by atoms with van der Waals surface area (Å²) in [4.78, 5) is 16.5. The maximum atomic E-state index is 14.8. The Kier molecular flexibility index (Phi) is 6.24. The summed E-state index contributed by atoms with van der Waals surface area (Å²) in [5, 5.41) is 9.21. The number of imidazole rings is 1. The predicted molar refractivity (Wildman–Crippen MR) is 137 cm³/mol. The summed E-state index contributed by atoms with van der Waals surface area (Å²) in [5.74, 6) is 0.500. The molecule has 1 aromatic carbocycles. The standard InChI is InChI=1S/C26H24FN7O.ClH/c1-35-22-7-3-15(10-21(22)27)23-24(16-2-4-18(13-28)31-14-16)32-26(33-9-8-30-25(23)33)34-19-5-6-20(34)12-17(29)11-19;/h2-4,7-10,14,17,19-20H,5-6,11-12,29H2,1H3;1H. The number of methoxy groups -OCH3 is 1. The van der Waals surface area contributed by atoms with E-state index in [1.165, 1.54) is 13.2 Å². The fourth-order valence-electron chi connectivity index (χ4n) is 5.59. The lowest BCUT2D eigenvalue weighted by atomic mass is 9.98. The summed E-state index contributed by atoms with van der Waals surface area (Å²) in [5.41, 5.74) is 9.99. The van der Waals surface area contributed by atoms with Crippen LogP contribution in [-0.4, -0.2) is 44.6 Å². The molecule has 0 aliphatic carbocycles. The van der Waals surface area contributed by atoms with Crippen molar-refractivity contribution in [1.29, 1.82) is 5.26 Å². The Morgan fingerprint density at radius 1 is 1.11 bits per heavy atom. The fraction of sp³-hybridized carbons (Fsp3) is 0.308. The average molecular weight is 506 g/mol. The van der Waals surface area contributed by atoms with E-state index in [9.17, 15) is 9.65 Å². The van der Waals surface area contributed by atoms with Crippen LogP contribution in [0.5, 0.6) is 5.75 Å². The first-order valence-corrected chi connectivity index (χ1v) is 11.7. The van der Waals surface area contributed by atoms with Gasteiger partial charge in [0.2, 0.25) is 5.95 Å². The number of nitrogens with two attached hydrogens (primary N) is 1. The first kappa shape index (κ1) is 24.0. The molecule has 10 heteroatoms. The summed E-state index contributed by atoms with van der Waals surface area (Å²) in [7, 11) is 1.44. The molecule has 2 bridgehead atoms. The Labute approximate surface area is 214 Å². The number of ether oxygens (including phenoxy) is 1. The van der Waals surface area contributed by atoms with Crippen LogP contribution < -0.4 is 15.4 Å². The van der Waals surface area contributed by atoms with Gasteiger partial charge in [0.1, 0.15) is 17.4 Å². The molecule has 8 nitrogen and oxygen atoms in total. The van der Waals surface area contributed by atoms with Crippen LogP contribution in [0.2, 0.25) is 0 Å². The number of pyridine rings is 1. The highest BCUT2D eigenvalue weighted by Crippen LogP contribution is 2.42. The normalized spacial score (nSPS) is 20.7. The lowest BCUT2D eigenvalue weighted by Gasteiger charge is -2.39. The minimum absolute atomic E-state index is 0. The number of fused-ring (bicyclic) bond motifs is 3. The van der Waals surface area contributed by atoms with Gasteiger partial charge in [-0.2, -0.15) is 5.26 Å². The topological polar surface area (TPSA) is 105 Å². The van der Waals surface area contributed by atoms with Gasteiger partial charge in [0.05, 0.1) is 18.4 Å². The molecule has 2 atom stereocenters. The highest BCUT2D eigenvalue weighted by Gasteiger charge is 2.41. The van der Waals surface area contributed by atoms with Crippen LogP contribution in [0.25, 0.3) is 28.0 Å². The number of nitriles is 1. The third-order valence-electron chi connectivity index (χ3n) is 7.12. The summed E-state index contributed by atoms with van der Waals surface area (Å²) < 4.78 is 21.9. The Hall–Kier alpha value is -3.74. The zero-order valence-electron chi connectivity index (χ0n) is 19.6. The van der Waals surface area contributed by atoms with Crippen LogP contribution in [0, 0.1) is 17.1 Å². The van der Waals surface area contributed by atoms with Crippen molar-refractivity contribution >= 4 is 24.0 Å². The van der Waals surface area contributed by atoms with Crippen LogP contribution in [0.3, 0.4) is 0 Å². The smallest absolute Gasteiger partial charge is 0.212 e. The molecule has 5 heterocycles. The number of aromatic nitrogens is 4. The highest BCUT2D eigenvalue weighted by atomic mass is 35.5. The molecular formula is C26H25ClFN7O. The summed E-state index contributed by atoms with van der Waals surface area (Å²) in [6.07, 6.45) is 9.28. The largest absolute Gasteiger partial charge is 0.494 e. The van der Waals surface area contributed by atoms with E-state index in [-0.39, 0.29) is 24.2 Å². The lowest BCUT2D eigenvalue weighted by Crippen LogP contribution is -2.48. The number of benzene rings is 1. The third kappa shape index (κ3) is 3.83. The quantitative estimate of drug-likeness (QED) is 0.439. The van der Waals surface area contributed by atoms with Crippen molar-refractivity contribution in [2.75, 3.05) is 12.0 Å². The Bertz CT molecular complexity index is 1450. The van der Waals surface area contributed by atoms with E-state index in [0.717, 1.165) is 37.2 Å². The van der Waals surface area contributed by atoms with Crippen LogP contribution in [0.4, 0.5) is 10.3 Å². The van der Waals surface area contributed by atoms with Crippen molar-refractivity contribution < 1.29 is 9.13 Å². The van der Waals surface area contributed by atoms with E-state index in [0.29, 0.717) is 40.2 Å². The van der Waals surface area contributed by atoms with Gasteiger partial charge < -0.3 is 15.4 Å². The van der Waals surface area contributed by atoms with Crippen LogP contribution >= 0.6 is 12.4 Å². The second kappa shape index (κ2) is 9.37. The molecule has 184 valence electrons. The third-order valence-corrected chi connectivity index (χ3v) is 7.12. The maximum Gasteiger partial charge on any atom is 0.212 e. The average Bonchev–Trinajstić information content (AvgIpc) is 3.46. The zero-order valence-corrected chi connectivity index (χ0v) is 20.5. The molecule has 0 spiro atoms. The van der Waals surface area contributed by atoms with Gasteiger partial charge in [-0.05, 0) is 55.5 Å². The van der Waals surface area contributed by atoms with E-state index in [1.54, 1.807) is 30.6 Å². The molecule has 36 heavy (non-hydrogen) atoms. The Balaban J connectivity index is 0.00000267. The van der Waals surface area contributed by atoms with E-state index < -0.39 is 5.82 Å². The van der Waals surface area contributed by atoms with Crippen LogP contribution in [0.15, 0.2) is 48.9 Å². The highest BCUT2D eigenvalue weighted by molar-refractivity contribution is 5.91. The zero-order chi connectivity index (χ0) is 24.1. The number of hydrogen-bond acceptors (Lipinski definition) is 7. The SMILES string of the molecule is COc1ccc(-c2c(-c3ccc(C#N)nc3)nc(N3C4CCC3CC(N)C4)n3ccnc23)cc1F.Cl. The van der Waals surface area contributed by atoms with Gasteiger partial charge in [-0.3, -0.25) is 4.40 Å². The lowest BCUT2D eigenvalue weighted by molar-refractivity contribution is 0.386. The number of piperidine rings is 1. The van der Waals surface area contributed by atoms with Crippen molar-refractivity contribution in [2.45, 2.75) is 43.8 Å². The first-order valence-electron chi connectivity index (χ1n) is 11.7. The van der Waals surface area contributed by atoms with E-state index >= 15 is 0 Å². The minimum Gasteiger partial charge on any atom is -0.494 e. The molecule has 0 amide bonds. The molecule has 2 unspecified atom stereocenters. The Morgan fingerprint density at radius 3 is 2.50 bits per heavy atom. The summed E-state index contributed by atoms with van der Waals surface area (Å²) in [6, 6.07) is 11.2. The molecule has 2 fully saturated rings. The first-order chi connectivity index (χ1) is 17.1. The molecule has 0 radical (unpaired) electrons. The molecular weight excluding hydrogens is 481 g/mol. The summed E-state index contributed by atoms with van der Waals surface area (Å²) in [6.45, 7) is 0. The second-order valence-corrected chi connectivity index (χ2v) is 9.17. The minimum atomic E-state index is -0.467. The van der Waals surface area contributed by atoms with Crippen molar-refractivity contribution in [3.8, 4) is 34.2 Å². The van der Waals surface area contributed by atoms with Gasteiger partial charge in [-0.1, -0.05) is 6.07 Å². The fourth-order valence-corrected chi connectivity index (χ4v) is 5.59. The van der Waals surface area contributed by atoms with Crippen LogP contribution in [-0.2, 0) is 0 Å². The summed E-state index contributed by atoms with van der Waals surface area (Å²) >= 11 is 0. The van der Waals surface area contributed by atoms with Crippen molar-refractivity contribution in [1.82, 2.24) is 19.4 Å². The van der Waals surface area contributed by atoms with E-state index in [4.69, 9.17) is 15.5 Å². The van der Waals surface area contributed by atoms with Gasteiger partial charge in [0, 0.05) is 42.3 Å². The van der Waals surface area contributed by atoms with E-state index in [2.05, 4.69) is 20.9 Å². The monoisotopic (exact) mass is 505 g/mol. The molecule has 6 rings (SSSR count). The number of anilines is 1. The predicted octanol–water partition coefficient (Wildman–Crippen LogP) is 4.36. The number of nitrogens with zero attached hydrogens (tertiary/aromatic N) is 6. The van der Waals surface area contributed by atoms with Gasteiger partial charge >= 0.3 is 0 Å². The molecule has 0 saturated carbocycles. The Morgan fingerprint density at radius 2 is 1.86 bits per heavy atom. The molecule has 2 aliphatic heterocycles. The molecule has 4 aromatic rings. The van der Waals surface area contributed by atoms with Crippen molar-refractivity contribution in [3.05, 3.63) is 60.4 Å². The van der Waals surface area contributed by atoms with Gasteiger partial charge in [-0.25, -0.2) is 19.3 Å².